The highest BCUT2D eigenvalue weighted by atomic mass is 16.5. The van der Waals surface area contributed by atoms with Gasteiger partial charge in [0.25, 0.3) is 5.91 Å². The van der Waals surface area contributed by atoms with E-state index in [1.165, 1.54) is 0 Å². The third-order valence-corrected chi connectivity index (χ3v) is 2.91. The molecule has 106 valence electrons. The maximum Gasteiger partial charge on any atom is 0.254 e. The lowest BCUT2D eigenvalue weighted by Gasteiger charge is -2.26. The Morgan fingerprint density at radius 2 is 2.10 bits per heavy atom. The van der Waals surface area contributed by atoms with E-state index >= 15 is 0 Å². The summed E-state index contributed by atoms with van der Waals surface area (Å²) in [4.78, 5) is 25.0. The maximum absolute atomic E-state index is 12.2. The average Bonchev–Trinajstić information content (AvgIpc) is 2.45. The Bertz CT molecular complexity index is 522. The predicted molar refractivity (Wildman–Crippen MR) is 75.7 cm³/mol. The third kappa shape index (κ3) is 3.60. The predicted octanol–water partition coefficient (Wildman–Crippen LogP) is 1.21. The Hall–Kier alpha value is -2.30. The van der Waals surface area contributed by atoms with Crippen molar-refractivity contribution in [1.82, 2.24) is 10.2 Å². The highest BCUT2D eigenvalue weighted by Crippen LogP contribution is 2.14. The van der Waals surface area contributed by atoms with E-state index in [0.717, 1.165) is 5.57 Å². The lowest BCUT2D eigenvalue weighted by atomic mass is 10.1. The molecule has 1 aromatic rings. The molecule has 1 aliphatic heterocycles. The van der Waals surface area contributed by atoms with Crippen molar-refractivity contribution in [2.24, 2.45) is 0 Å². The van der Waals surface area contributed by atoms with E-state index in [2.05, 4.69) is 11.9 Å². The van der Waals surface area contributed by atoms with Crippen LogP contribution in [0.1, 0.15) is 17.3 Å². The van der Waals surface area contributed by atoms with Crippen LogP contribution in [0.2, 0.25) is 0 Å². The fourth-order valence-corrected chi connectivity index (χ4v) is 1.89. The first kappa shape index (κ1) is 14.1. The van der Waals surface area contributed by atoms with E-state index < -0.39 is 0 Å². The number of amides is 2. The molecule has 5 nitrogen and oxygen atoms in total. The van der Waals surface area contributed by atoms with Gasteiger partial charge in [-0.05, 0) is 36.8 Å². The molecule has 2 rings (SSSR count). The highest BCUT2D eigenvalue weighted by Gasteiger charge is 2.22. The molecule has 5 heteroatoms. The summed E-state index contributed by atoms with van der Waals surface area (Å²) in [5, 5.41) is 2.69. The van der Waals surface area contributed by atoms with Gasteiger partial charge in [-0.25, -0.2) is 0 Å². The Morgan fingerprint density at radius 3 is 2.70 bits per heavy atom. The first-order valence-corrected chi connectivity index (χ1v) is 6.49. The molecule has 0 bridgehead atoms. The minimum absolute atomic E-state index is 0.118. The van der Waals surface area contributed by atoms with E-state index in [1.807, 2.05) is 6.92 Å². The number of hydrogen-bond donors (Lipinski definition) is 1. The lowest BCUT2D eigenvalue weighted by Crippen LogP contribution is -2.49. The van der Waals surface area contributed by atoms with Crippen LogP contribution < -0.4 is 10.1 Å². The van der Waals surface area contributed by atoms with Crippen LogP contribution in [-0.4, -0.2) is 43.0 Å². The zero-order valence-corrected chi connectivity index (χ0v) is 11.5. The van der Waals surface area contributed by atoms with Crippen LogP contribution in [-0.2, 0) is 4.79 Å². The SMILES string of the molecule is C=C(C)COc1ccc(C(=O)N2CCNC(=O)C2)cc1. The molecule has 0 unspecified atom stereocenters. The van der Waals surface area contributed by atoms with Crippen LogP contribution in [0, 0.1) is 0 Å². The summed E-state index contributed by atoms with van der Waals surface area (Å²) >= 11 is 0. The first-order chi connectivity index (χ1) is 9.56. The maximum atomic E-state index is 12.2. The minimum Gasteiger partial charge on any atom is -0.489 e. The zero-order valence-electron chi connectivity index (χ0n) is 11.5. The fraction of sp³-hybridized carbons (Fsp3) is 0.333. The second-order valence-corrected chi connectivity index (χ2v) is 4.85. The van der Waals surface area contributed by atoms with Gasteiger partial charge in [0.05, 0.1) is 6.54 Å². The van der Waals surface area contributed by atoms with Gasteiger partial charge in [-0.2, -0.15) is 0 Å². The summed E-state index contributed by atoms with van der Waals surface area (Å²) in [6.07, 6.45) is 0. The van der Waals surface area contributed by atoms with Crippen molar-refractivity contribution in [2.45, 2.75) is 6.92 Å². The van der Waals surface area contributed by atoms with Gasteiger partial charge >= 0.3 is 0 Å². The number of nitrogens with zero attached hydrogens (tertiary/aromatic N) is 1. The van der Waals surface area contributed by atoms with Crippen LogP contribution in [0.15, 0.2) is 36.4 Å². The molecule has 1 aliphatic rings. The second kappa shape index (κ2) is 6.23. The molecular formula is C15H18N2O3. The van der Waals surface area contributed by atoms with Gasteiger partial charge in [0.1, 0.15) is 12.4 Å². The van der Waals surface area contributed by atoms with Crippen LogP contribution in [0.25, 0.3) is 0 Å². The van der Waals surface area contributed by atoms with Gasteiger partial charge < -0.3 is 15.0 Å². The van der Waals surface area contributed by atoms with E-state index in [-0.39, 0.29) is 18.4 Å². The van der Waals surface area contributed by atoms with Crippen molar-refractivity contribution in [3.05, 3.63) is 42.0 Å². The van der Waals surface area contributed by atoms with Crippen LogP contribution in [0.5, 0.6) is 5.75 Å². The molecule has 20 heavy (non-hydrogen) atoms. The van der Waals surface area contributed by atoms with Gasteiger partial charge in [-0.15, -0.1) is 0 Å². The van der Waals surface area contributed by atoms with Crippen molar-refractivity contribution >= 4 is 11.8 Å². The number of carbonyl (C=O) groups excluding carboxylic acids is 2. The summed E-state index contributed by atoms with van der Waals surface area (Å²) < 4.78 is 5.48. The number of nitrogens with one attached hydrogen (secondary N) is 1. The van der Waals surface area contributed by atoms with E-state index in [4.69, 9.17) is 4.74 Å². The van der Waals surface area contributed by atoms with Gasteiger partial charge in [0, 0.05) is 18.7 Å². The van der Waals surface area contributed by atoms with Gasteiger partial charge in [-0.1, -0.05) is 6.58 Å². The summed E-state index contributed by atoms with van der Waals surface area (Å²) in [6.45, 7) is 7.27. The van der Waals surface area contributed by atoms with Crippen molar-refractivity contribution < 1.29 is 14.3 Å². The van der Waals surface area contributed by atoms with Crippen molar-refractivity contribution in [3.8, 4) is 5.75 Å². The molecule has 2 amide bonds. The minimum atomic E-state index is -0.133. The Balaban J connectivity index is 2.00. The van der Waals surface area contributed by atoms with Gasteiger partial charge in [-0.3, -0.25) is 9.59 Å². The largest absolute Gasteiger partial charge is 0.489 e. The monoisotopic (exact) mass is 274 g/mol. The molecule has 0 spiro atoms. The summed E-state index contributed by atoms with van der Waals surface area (Å²) in [5.41, 5.74) is 1.49. The Labute approximate surface area is 118 Å². The van der Waals surface area contributed by atoms with E-state index in [9.17, 15) is 9.59 Å². The molecule has 1 fully saturated rings. The van der Waals surface area contributed by atoms with Crippen LogP contribution in [0.3, 0.4) is 0 Å². The number of carbonyl (C=O) groups is 2. The number of ether oxygens (including phenoxy) is 1. The molecule has 0 aliphatic carbocycles. The first-order valence-electron chi connectivity index (χ1n) is 6.49. The number of benzene rings is 1. The smallest absolute Gasteiger partial charge is 0.254 e. The normalized spacial score (nSPS) is 14.7. The van der Waals surface area contributed by atoms with Crippen molar-refractivity contribution in [1.29, 1.82) is 0 Å². The Morgan fingerprint density at radius 1 is 1.40 bits per heavy atom. The number of hydrogen-bond acceptors (Lipinski definition) is 3. The van der Waals surface area contributed by atoms with Crippen LogP contribution in [0.4, 0.5) is 0 Å². The topological polar surface area (TPSA) is 58.6 Å². The zero-order chi connectivity index (χ0) is 14.5. The molecular weight excluding hydrogens is 256 g/mol. The Kier molecular flexibility index (Phi) is 4.40. The molecule has 1 saturated heterocycles. The molecule has 1 N–H and O–H groups in total. The number of rotatable bonds is 4. The molecule has 0 saturated carbocycles. The van der Waals surface area contributed by atoms with Crippen LogP contribution >= 0.6 is 0 Å². The van der Waals surface area contributed by atoms with Gasteiger partial charge in [0.2, 0.25) is 5.91 Å². The summed E-state index contributed by atoms with van der Waals surface area (Å²) in [6, 6.07) is 6.92. The van der Waals surface area contributed by atoms with Gasteiger partial charge in [0.15, 0.2) is 0 Å². The van der Waals surface area contributed by atoms with Crippen molar-refractivity contribution in [2.75, 3.05) is 26.2 Å². The summed E-state index contributed by atoms with van der Waals surface area (Å²) in [5.74, 6) is 0.443. The standard InChI is InChI=1S/C15H18N2O3/c1-11(2)10-20-13-5-3-12(4-6-13)15(19)17-8-7-16-14(18)9-17/h3-6H,1,7-10H2,2H3,(H,16,18). The average molecular weight is 274 g/mol. The van der Waals surface area contributed by atoms with E-state index in [1.54, 1.807) is 29.2 Å². The fourth-order valence-electron chi connectivity index (χ4n) is 1.89. The molecule has 0 aromatic heterocycles. The lowest BCUT2D eigenvalue weighted by molar-refractivity contribution is -0.123. The molecule has 1 aromatic carbocycles. The highest BCUT2D eigenvalue weighted by molar-refractivity contribution is 5.97. The molecule has 1 heterocycles. The molecule has 0 atom stereocenters. The summed E-state index contributed by atoms with van der Waals surface area (Å²) in [7, 11) is 0. The van der Waals surface area contributed by atoms with Crippen molar-refractivity contribution in [3.63, 3.8) is 0 Å². The van der Waals surface area contributed by atoms with E-state index in [0.29, 0.717) is 31.0 Å². The number of piperazine rings is 1. The molecule has 0 radical (unpaired) electrons. The second-order valence-electron chi connectivity index (χ2n) is 4.85. The quantitative estimate of drug-likeness (QED) is 0.840. The third-order valence-electron chi connectivity index (χ3n) is 2.91.